The normalized spacial score (nSPS) is 36.4. The first-order valence-corrected chi connectivity index (χ1v) is 5.55. The summed E-state index contributed by atoms with van der Waals surface area (Å²) in [4.78, 5) is 2.19. The Labute approximate surface area is 84.9 Å². The Balaban J connectivity index is 1.74. The number of nitrogens with zero attached hydrogens (tertiary/aromatic N) is 1. The smallest absolute Gasteiger partial charge is 0.0938 e. The number of hydrogen-bond donors (Lipinski definition) is 3. The summed E-state index contributed by atoms with van der Waals surface area (Å²) in [5.74, 6) is 0.744. The first kappa shape index (κ1) is 10.4. The van der Waals surface area contributed by atoms with Crippen molar-refractivity contribution in [3.63, 3.8) is 0 Å². The van der Waals surface area contributed by atoms with E-state index in [9.17, 15) is 10.2 Å². The molecule has 0 spiro atoms. The van der Waals surface area contributed by atoms with Crippen LogP contribution in [-0.2, 0) is 0 Å². The fraction of sp³-hybridized carbons (Fsp3) is 1.00. The minimum Gasteiger partial charge on any atom is -0.389 e. The summed E-state index contributed by atoms with van der Waals surface area (Å²) in [5.41, 5.74) is 0. The maximum Gasteiger partial charge on any atom is 0.0938 e. The molecule has 4 nitrogen and oxygen atoms in total. The third-order valence-electron chi connectivity index (χ3n) is 3.31. The van der Waals surface area contributed by atoms with Crippen LogP contribution in [-0.4, -0.2) is 60.0 Å². The molecule has 0 aromatic carbocycles. The van der Waals surface area contributed by atoms with Crippen LogP contribution in [0.2, 0.25) is 0 Å². The average molecular weight is 200 g/mol. The molecule has 4 heteroatoms. The van der Waals surface area contributed by atoms with E-state index in [1.807, 2.05) is 0 Å². The number of nitrogens with one attached hydrogen (secondary N) is 1. The van der Waals surface area contributed by atoms with Gasteiger partial charge in [-0.1, -0.05) is 0 Å². The average Bonchev–Trinajstić information content (AvgIpc) is 2.47. The molecule has 82 valence electrons. The molecule has 2 atom stereocenters. The van der Waals surface area contributed by atoms with Crippen molar-refractivity contribution < 1.29 is 10.2 Å². The number of likely N-dealkylation sites (tertiary alicyclic amines) is 1. The molecule has 2 fully saturated rings. The Morgan fingerprint density at radius 3 is 2.21 bits per heavy atom. The molecule has 2 aliphatic rings. The van der Waals surface area contributed by atoms with Gasteiger partial charge in [0.2, 0.25) is 0 Å². The Kier molecular flexibility index (Phi) is 3.38. The van der Waals surface area contributed by atoms with Crippen molar-refractivity contribution in [3.8, 4) is 0 Å². The summed E-state index contributed by atoms with van der Waals surface area (Å²) in [6.45, 7) is 4.55. The first-order chi connectivity index (χ1) is 6.75. The van der Waals surface area contributed by atoms with Gasteiger partial charge in [0.1, 0.15) is 0 Å². The Morgan fingerprint density at radius 2 is 1.64 bits per heavy atom. The first-order valence-electron chi connectivity index (χ1n) is 5.55. The molecular weight excluding hydrogens is 180 g/mol. The van der Waals surface area contributed by atoms with Gasteiger partial charge in [-0.25, -0.2) is 0 Å². The van der Waals surface area contributed by atoms with Gasteiger partial charge in [-0.3, -0.25) is 4.90 Å². The van der Waals surface area contributed by atoms with Crippen molar-refractivity contribution >= 4 is 0 Å². The third-order valence-corrected chi connectivity index (χ3v) is 3.31. The minimum absolute atomic E-state index is 0.531. The Bertz CT molecular complexity index is 173. The van der Waals surface area contributed by atoms with Gasteiger partial charge in [-0.15, -0.1) is 0 Å². The summed E-state index contributed by atoms with van der Waals surface area (Å²) >= 11 is 0. The summed E-state index contributed by atoms with van der Waals surface area (Å²) in [6.07, 6.45) is 1.39. The second kappa shape index (κ2) is 4.57. The van der Waals surface area contributed by atoms with E-state index in [-0.39, 0.29) is 0 Å². The molecule has 0 aromatic heterocycles. The molecule has 0 radical (unpaired) electrons. The number of hydrogen-bond acceptors (Lipinski definition) is 4. The molecule has 0 bridgehead atoms. The fourth-order valence-electron chi connectivity index (χ4n) is 2.43. The molecule has 0 saturated carbocycles. The highest BCUT2D eigenvalue weighted by Gasteiger charge is 2.30. The van der Waals surface area contributed by atoms with E-state index in [4.69, 9.17) is 0 Å². The number of aliphatic hydroxyl groups excluding tert-OH is 2. The lowest BCUT2D eigenvalue weighted by Gasteiger charge is -2.27. The molecule has 3 N–H and O–H groups in total. The predicted molar refractivity (Wildman–Crippen MR) is 54.0 cm³/mol. The van der Waals surface area contributed by atoms with Crippen LogP contribution in [0.3, 0.4) is 0 Å². The van der Waals surface area contributed by atoms with Gasteiger partial charge in [-0.05, 0) is 31.8 Å². The van der Waals surface area contributed by atoms with Gasteiger partial charge >= 0.3 is 0 Å². The van der Waals surface area contributed by atoms with Crippen molar-refractivity contribution in [2.24, 2.45) is 5.92 Å². The topological polar surface area (TPSA) is 55.7 Å². The minimum atomic E-state index is -0.531. The van der Waals surface area contributed by atoms with Crippen LogP contribution in [0.15, 0.2) is 0 Å². The van der Waals surface area contributed by atoms with Crippen molar-refractivity contribution in [2.45, 2.75) is 25.0 Å². The zero-order valence-electron chi connectivity index (χ0n) is 8.52. The number of rotatable bonds is 2. The van der Waals surface area contributed by atoms with Crippen molar-refractivity contribution in [1.82, 2.24) is 10.2 Å². The van der Waals surface area contributed by atoms with Crippen LogP contribution in [0.25, 0.3) is 0 Å². The fourth-order valence-corrected chi connectivity index (χ4v) is 2.43. The van der Waals surface area contributed by atoms with E-state index in [1.165, 1.54) is 12.8 Å². The van der Waals surface area contributed by atoms with Crippen LogP contribution in [0.5, 0.6) is 0 Å². The highest BCUT2D eigenvalue weighted by molar-refractivity contribution is 4.85. The lowest BCUT2D eigenvalue weighted by atomic mass is 9.98. The molecule has 2 rings (SSSR count). The zero-order chi connectivity index (χ0) is 9.97. The van der Waals surface area contributed by atoms with Gasteiger partial charge in [0, 0.05) is 19.6 Å². The summed E-state index contributed by atoms with van der Waals surface area (Å²) in [6, 6.07) is 0. The molecule has 0 aliphatic carbocycles. The van der Waals surface area contributed by atoms with Crippen LogP contribution >= 0.6 is 0 Å². The van der Waals surface area contributed by atoms with Gasteiger partial charge in [-0.2, -0.15) is 0 Å². The second-order valence-electron chi connectivity index (χ2n) is 4.55. The third kappa shape index (κ3) is 2.45. The van der Waals surface area contributed by atoms with Crippen LogP contribution < -0.4 is 5.32 Å². The number of piperidine rings is 1. The Hall–Kier alpha value is -0.160. The molecule has 2 unspecified atom stereocenters. The highest BCUT2D eigenvalue weighted by Crippen LogP contribution is 2.17. The van der Waals surface area contributed by atoms with E-state index in [0.717, 1.165) is 25.6 Å². The predicted octanol–water partition coefficient (Wildman–Crippen LogP) is -0.977. The number of aliphatic hydroxyl groups is 2. The quantitative estimate of drug-likeness (QED) is 0.536. The molecule has 14 heavy (non-hydrogen) atoms. The van der Waals surface area contributed by atoms with Crippen molar-refractivity contribution in [1.29, 1.82) is 0 Å². The van der Waals surface area contributed by atoms with Gasteiger partial charge in [0.25, 0.3) is 0 Å². The van der Waals surface area contributed by atoms with Crippen LogP contribution in [0.4, 0.5) is 0 Å². The second-order valence-corrected chi connectivity index (χ2v) is 4.55. The molecule has 0 aromatic rings. The molecule has 0 amide bonds. The van der Waals surface area contributed by atoms with E-state index >= 15 is 0 Å². The van der Waals surface area contributed by atoms with E-state index in [2.05, 4.69) is 10.2 Å². The van der Waals surface area contributed by atoms with Crippen LogP contribution in [0.1, 0.15) is 12.8 Å². The molecule has 2 aliphatic heterocycles. The van der Waals surface area contributed by atoms with E-state index in [0.29, 0.717) is 13.1 Å². The zero-order valence-corrected chi connectivity index (χ0v) is 8.52. The molecule has 2 heterocycles. The number of β-amino-alcohol motifs (C(OH)–C–C–N with tert-alkyl or cyclic N) is 2. The van der Waals surface area contributed by atoms with E-state index in [1.54, 1.807) is 0 Å². The molecular formula is C10H20N2O2. The van der Waals surface area contributed by atoms with Crippen molar-refractivity contribution in [2.75, 3.05) is 32.7 Å². The highest BCUT2D eigenvalue weighted by atomic mass is 16.3. The SMILES string of the molecule is OC1CN(CC2CCNCC2)CC1O. The van der Waals surface area contributed by atoms with Crippen LogP contribution in [0, 0.1) is 5.92 Å². The monoisotopic (exact) mass is 200 g/mol. The van der Waals surface area contributed by atoms with Gasteiger partial charge in [0.15, 0.2) is 0 Å². The summed E-state index contributed by atoms with van der Waals surface area (Å²) < 4.78 is 0. The maximum atomic E-state index is 9.39. The Morgan fingerprint density at radius 1 is 1.07 bits per heavy atom. The van der Waals surface area contributed by atoms with Crippen molar-refractivity contribution in [3.05, 3.63) is 0 Å². The maximum absolute atomic E-state index is 9.39. The standard InChI is InChI=1S/C10H20N2O2/c13-9-6-12(7-10(9)14)5-8-1-3-11-4-2-8/h8-11,13-14H,1-7H2. The lowest BCUT2D eigenvalue weighted by Crippen LogP contribution is -2.35. The summed E-state index contributed by atoms with van der Waals surface area (Å²) in [5, 5.41) is 22.1. The lowest BCUT2D eigenvalue weighted by molar-refractivity contribution is 0.0572. The summed E-state index contributed by atoms with van der Waals surface area (Å²) in [7, 11) is 0. The van der Waals surface area contributed by atoms with E-state index < -0.39 is 12.2 Å². The molecule has 2 saturated heterocycles. The van der Waals surface area contributed by atoms with Gasteiger partial charge in [0.05, 0.1) is 12.2 Å². The van der Waals surface area contributed by atoms with Gasteiger partial charge < -0.3 is 15.5 Å². The largest absolute Gasteiger partial charge is 0.389 e.